The van der Waals surface area contributed by atoms with E-state index in [4.69, 9.17) is 4.74 Å². The van der Waals surface area contributed by atoms with Crippen molar-refractivity contribution >= 4 is 11.7 Å². The van der Waals surface area contributed by atoms with Crippen LogP contribution >= 0.6 is 0 Å². The molecule has 0 spiro atoms. The number of esters is 1. The number of anilines is 1. The first-order chi connectivity index (χ1) is 8.87. The Labute approximate surface area is 115 Å². The third kappa shape index (κ3) is 2.34. The van der Waals surface area contributed by atoms with E-state index in [0.29, 0.717) is 0 Å². The highest BCUT2D eigenvalue weighted by molar-refractivity contribution is 5.76. The Morgan fingerprint density at radius 1 is 1.32 bits per heavy atom. The van der Waals surface area contributed by atoms with Gasteiger partial charge in [0.25, 0.3) is 0 Å². The number of ether oxygens (including phenoxy) is 1. The SMILES string of the molecule is COC(=O)C1CCN(c2ccc(C)c(C)c2)C1(C)C. The highest BCUT2D eigenvalue weighted by Gasteiger charge is 2.45. The molecule has 104 valence electrons. The summed E-state index contributed by atoms with van der Waals surface area (Å²) >= 11 is 0. The van der Waals surface area contributed by atoms with Gasteiger partial charge in [-0.05, 0) is 57.4 Å². The average molecular weight is 261 g/mol. The highest BCUT2D eigenvalue weighted by Crippen LogP contribution is 2.39. The molecule has 0 N–H and O–H groups in total. The number of hydrogen-bond donors (Lipinski definition) is 0. The lowest BCUT2D eigenvalue weighted by molar-refractivity contribution is -0.146. The normalized spacial score (nSPS) is 21.5. The summed E-state index contributed by atoms with van der Waals surface area (Å²) in [5, 5.41) is 0. The van der Waals surface area contributed by atoms with Gasteiger partial charge in [-0.15, -0.1) is 0 Å². The maximum Gasteiger partial charge on any atom is 0.311 e. The first-order valence-corrected chi connectivity index (χ1v) is 6.80. The lowest BCUT2D eigenvalue weighted by Crippen LogP contribution is -2.45. The number of carbonyl (C=O) groups excluding carboxylic acids is 1. The van der Waals surface area contributed by atoms with Gasteiger partial charge >= 0.3 is 5.97 Å². The van der Waals surface area contributed by atoms with Crippen molar-refractivity contribution in [2.75, 3.05) is 18.6 Å². The standard InChI is InChI=1S/C16H23NO2/c1-11-6-7-13(10-12(11)2)17-9-8-14(15(18)19-5)16(17,3)4/h6-7,10,14H,8-9H2,1-5H3. The van der Waals surface area contributed by atoms with Crippen LogP contribution in [-0.2, 0) is 9.53 Å². The first-order valence-electron chi connectivity index (χ1n) is 6.80. The van der Waals surface area contributed by atoms with Crippen LogP contribution in [0.15, 0.2) is 18.2 Å². The number of aryl methyl sites for hydroxylation is 2. The summed E-state index contributed by atoms with van der Waals surface area (Å²) in [6.45, 7) is 9.38. The van der Waals surface area contributed by atoms with Gasteiger partial charge in [-0.2, -0.15) is 0 Å². The summed E-state index contributed by atoms with van der Waals surface area (Å²) in [4.78, 5) is 14.2. The van der Waals surface area contributed by atoms with E-state index in [-0.39, 0.29) is 17.4 Å². The topological polar surface area (TPSA) is 29.5 Å². The molecule has 19 heavy (non-hydrogen) atoms. The van der Waals surface area contributed by atoms with Crippen molar-refractivity contribution < 1.29 is 9.53 Å². The molecule has 1 atom stereocenters. The molecule has 1 aliphatic rings. The third-order valence-corrected chi connectivity index (χ3v) is 4.48. The molecule has 0 aromatic heterocycles. The molecule has 0 aliphatic carbocycles. The monoisotopic (exact) mass is 261 g/mol. The zero-order valence-corrected chi connectivity index (χ0v) is 12.5. The molecule has 1 aromatic rings. The van der Waals surface area contributed by atoms with Gasteiger partial charge in [0.05, 0.1) is 13.0 Å². The summed E-state index contributed by atoms with van der Waals surface area (Å²) in [7, 11) is 1.47. The van der Waals surface area contributed by atoms with Crippen LogP contribution in [0, 0.1) is 19.8 Å². The van der Waals surface area contributed by atoms with Crippen LogP contribution < -0.4 is 4.90 Å². The molecule has 1 aliphatic heterocycles. The molecule has 3 heteroatoms. The predicted molar refractivity (Wildman–Crippen MR) is 77.5 cm³/mol. The van der Waals surface area contributed by atoms with Crippen molar-refractivity contribution in [1.29, 1.82) is 0 Å². The molecule has 1 heterocycles. The second-order valence-corrected chi connectivity index (χ2v) is 5.94. The van der Waals surface area contributed by atoms with Gasteiger partial charge in [0, 0.05) is 17.8 Å². The zero-order valence-electron chi connectivity index (χ0n) is 12.5. The minimum Gasteiger partial charge on any atom is -0.469 e. The second kappa shape index (κ2) is 4.87. The fourth-order valence-corrected chi connectivity index (χ4v) is 2.99. The van der Waals surface area contributed by atoms with Crippen molar-refractivity contribution in [3.05, 3.63) is 29.3 Å². The van der Waals surface area contributed by atoms with Crippen LogP contribution in [0.5, 0.6) is 0 Å². The van der Waals surface area contributed by atoms with E-state index in [1.54, 1.807) is 0 Å². The molecule has 0 saturated carbocycles. The molecule has 3 nitrogen and oxygen atoms in total. The quantitative estimate of drug-likeness (QED) is 0.766. The van der Waals surface area contributed by atoms with Crippen LogP contribution in [0.4, 0.5) is 5.69 Å². The maximum atomic E-state index is 11.9. The van der Waals surface area contributed by atoms with E-state index in [1.165, 1.54) is 23.9 Å². The molecule has 0 bridgehead atoms. The minimum absolute atomic E-state index is 0.0564. The van der Waals surface area contributed by atoms with Gasteiger partial charge in [0.2, 0.25) is 0 Å². The number of carbonyl (C=O) groups is 1. The Bertz CT molecular complexity index is 494. The van der Waals surface area contributed by atoms with Crippen molar-refractivity contribution in [3.63, 3.8) is 0 Å². The number of benzene rings is 1. The second-order valence-electron chi connectivity index (χ2n) is 5.94. The van der Waals surface area contributed by atoms with E-state index in [9.17, 15) is 4.79 Å². The Morgan fingerprint density at radius 3 is 2.58 bits per heavy atom. The number of hydrogen-bond acceptors (Lipinski definition) is 3. The highest BCUT2D eigenvalue weighted by atomic mass is 16.5. The van der Waals surface area contributed by atoms with Crippen molar-refractivity contribution in [1.82, 2.24) is 0 Å². The lowest BCUT2D eigenvalue weighted by Gasteiger charge is -2.36. The number of nitrogens with zero attached hydrogens (tertiary/aromatic N) is 1. The van der Waals surface area contributed by atoms with Gasteiger partial charge in [-0.25, -0.2) is 0 Å². The Morgan fingerprint density at radius 2 is 2.00 bits per heavy atom. The average Bonchev–Trinajstić information content (AvgIpc) is 2.67. The van der Waals surface area contributed by atoms with Crippen molar-refractivity contribution in [2.24, 2.45) is 5.92 Å². The van der Waals surface area contributed by atoms with Gasteiger partial charge < -0.3 is 9.64 Å². The minimum atomic E-state index is -0.200. The van der Waals surface area contributed by atoms with Gasteiger partial charge in [0.1, 0.15) is 0 Å². The maximum absolute atomic E-state index is 11.9. The summed E-state index contributed by atoms with van der Waals surface area (Å²) in [6.07, 6.45) is 0.854. The van der Waals surface area contributed by atoms with Crippen LogP contribution in [0.2, 0.25) is 0 Å². The Kier molecular flexibility index (Phi) is 3.57. The van der Waals surface area contributed by atoms with Crippen molar-refractivity contribution in [2.45, 2.75) is 39.7 Å². The van der Waals surface area contributed by atoms with Crippen LogP contribution in [0.25, 0.3) is 0 Å². The zero-order chi connectivity index (χ0) is 14.2. The van der Waals surface area contributed by atoms with E-state index >= 15 is 0 Å². The third-order valence-electron chi connectivity index (χ3n) is 4.48. The van der Waals surface area contributed by atoms with E-state index in [2.05, 4.69) is 50.8 Å². The van der Waals surface area contributed by atoms with Gasteiger partial charge in [0.15, 0.2) is 0 Å². The van der Waals surface area contributed by atoms with E-state index < -0.39 is 0 Å². The number of methoxy groups -OCH3 is 1. The fourth-order valence-electron chi connectivity index (χ4n) is 2.99. The van der Waals surface area contributed by atoms with Gasteiger partial charge in [-0.3, -0.25) is 4.79 Å². The molecule has 1 unspecified atom stereocenters. The predicted octanol–water partition coefficient (Wildman–Crippen LogP) is 3.08. The molecule has 1 aromatic carbocycles. The molecular formula is C16H23NO2. The molecule has 1 fully saturated rings. The summed E-state index contributed by atoms with van der Waals surface area (Å²) < 4.78 is 4.93. The summed E-state index contributed by atoms with van der Waals surface area (Å²) in [5.41, 5.74) is 3.58. The molecule has 1 saturated heterocycles. The first kappa shape index (κ1) is 13.9. The summed E-state index contributed by atoms with van der Waals surface area (Å²) in [6, 6.07) is 6.49. The molecular weight excluding hydrogens is 238 g/mol. The lowest BCUT2D eigenvalue weighted by atomic mass is 9.88. The largest absolute Gasteiger partial charge is 0.469 e. The van der Waals surface area contributed by atoms with E-state index in [1.807, 2.05) is 0 Å². The Hall–Kier alpha value is -1.51. The summed E-state index contributed by atoms with van der Waals surface area (Å²) in [5.74, 6) is -0.157. The van der Waals surface area contributed by atoms with Crippen LogP contribution in [0.3, 0.4) is 0 Å². The molecule has 0 radical (unpaired) electrons. The van der Waals surface area contributed by atoms with Crippen molar-refractivity contribution in [3.8, 4) is 0 Å². The Balaban J connectivity index is 2.31. The van der Waals surface area contributed by atoms with Crippen LogP contribution in [0.1, 0.15) is 31.4 Å². The molecule has 2 rings (SSSR count). The van der Waals surface area contributed by atoms with Crippen LogP contribution in [-0.4, -0.2) is 25.2 Å². The number of rotatable bonds is 2. The van der Waals surface area contributed by atoms with E-state index in [0.717, 1.165) is 13.0 Å². The fraction of sp³-hybridized carbons (Fsp3) is 0.562. The smallest absolute Gasteiger partial charge is 0.311 e. The molecule has 0 amide bonds. The van der Waals surface area contributed by atoms with Gasteiger partial charge in [-0.1, -0.05) is 6.07 Å².